The van der Waals surface area contributed by atoms with Gasteiger partial charge in [-0.2, -0.15) is 0 Å². The number of nitrogens with one attached hydrogen (secondary N) is 1. The maximum absolute atomic E-state index is 12.1. The summed E-state index contributed by atoms with van der Waals surface area (Å²) in [5, 5.41) is 3.17. The van der Waals surface area contributed by atoms with Crippen molar-refractivity contribution >= 4 is 19.9 Å². The van der Waals surface area contributed by atoms with Crippen LogP contribution in [0.1, 0.15) is 26.7 Å². The lowest BCUT2D eigenvalue weighted by molar-refractivity contribution is 0.432. The maximum Gasteiger partial charge on any atom is 0.214 e. The quantitative estimate of drug-likeness (QED) is 0.688. The van der Waals surface area contributed by atoms with Crippen LogP contribution in [0.5, 0.6) is 0 Å². The lowest BCUT2D eigenvalue weighted by atomic mass is 10.4. The van der Waals surface area contributed by atoms with E-state index in [2.05, 4.69) is 5.32 Å². The summed E-state index contributed by atoms with van der Waals surface area (Å²) < 4.78 is 48.4. The van der Waals surface area contributed by atoms with E-state index < -0.39 is 19.9 Å². The summed E-state index contributed by atoms with van der Waals surface area (Å²) >= 11 is 0. The number of nitrogens with zero attached hydrogens (tertiary/aromatic N) is 1. The summed E-state index contributed by atoms with van der Waals surface area (Å²) in [4.78, 5) is 0. The number of hydrogen-bond acceptors (Lipinski definition) is 5. The molecule has 0 amide bonds. The molecule has 1 saturated heterocycles. The summed E-state index contributed by atoms with van der Waals surface area (Å²) in [5.41, 5.74) is 0. The van der Waals surface area contributed by atoms with E-state index in [4.69, 9.17) is 0 Å². The van der Waals surface area contributed by atoms with Gasteiger partial charge in [0.15, 0.2) is 9.84 Å². The van der Waals surface area contributed by atoms with Crippen molar-refractivity contribution in [3.63, 3.8) is 0 Å². The minimum Gasteiger partial charge on any atom is -0.314 e. The molecular formula is C11H24N2O4S2. The van der Waals surface area contributed by atoms with Gasteiger partial charge in [-0.05, 0) is 19.4 Å². The van der Waals surface area contributed by atoms with Crippen molar-refractivity contribution in [3.05, 3.63) is 0 Å². The van der Waals surface area contributed by atoms with Crippen LogP contribution in [0.15, 0.2) is 0 Å². The van der Waals surface area contributed by atoms with Crippen LogP contribution in [0, 0.1) is 0 Å². The third-order valence-corrected chi connectivity index (χ3v) is 6.71. The highest BCUT2D eigenvalue weighted by Gasteiger charge is 2.26. The zero-order chi connectivity index (χ0) is 14.5. The number of sulfone groups is 1. The van der Waals surface area contributed by atoms with Crippen LogP contribution in [0.4, 0.5) is 0 Å². The fourth-order valence-corrected chi connectivity index (χ4v) is 4.90. The first-order valence-corrected chi connectivity index (χ1v) is 10.1. The van der Waals surface area contributed by atoms with Crippen molar-refractivity contribution in [2.24, 2.45) is 0 Å². The monoisotopic (exact) mass is 312 g/mol. The third kappa shape index (κ3) is 6.20. The zero-order valence-corrected chi connectivity index (χ0v) is 13.3. The fourth-order valence-electron chi connectivity index (χ4n) is 1.97. The van der Waals surface area contributed by atoms with E-state index in [1.54, 1.807) is 0 Å². The highest BCUT2D eigenvalue weighted by Crippen LogP contribution is 2.10. The van der Waals surface area contributed by atoms with Gasteiger partial charge in [0.1, 0.15) is 0 Å². The standard InChI is InChI=1S/C11H24N2O4S2/c1-11(2)12-5-3-9-19(16,17)13-6-4-8-18(14,15)10-7-13/h11-12H,3-10H2,1-2H3. The number of rotatable bonds is 6. The topological polar surface area (TPSA) is 83.6 Å². The first-order chi connectivity index (χ1) is 8.73. The minimum atomic E-state index is -3.33. The normalized spacial score (nSPS) is 21.4. The van der Waals surface area contributed by atoms with Crippen molar-refractivity contribution in [2.75, 3.05) is 36.9 Å². The third-order valence-electron chi connectivity index (χ3n) is 3.04. The molecule has 6 nitrogen and oxygen atoms in total. The Labute approximate surface area is 116 Å². The molecule has 0 aromatic heterocycles. The number of hydrogen-bond donors (Lipinski definition) is 1. The molecule has 0 saturated carbocycles. The lowest BCUT2D eigenvalue weighted by Crippen LogP contribution is -2.36. The smallest absolute Gasteiger partial charge is 0.214 e. The van der Waals surface area contributed by atoms with Crippen LogP contribution in [0.3, 0.4) is 0 Å². The van der Waals surface area contributed by atoms with E-state index in [9.17, 15) is 16.8 Å². The Morgan fingerprint density at radius 1 is 1.21 bits per heavy atom. The van der Waals surface area contributed by atoms with Crippen molar-refractivity contribution in [3.8, 4) is 0 Å². The Hall–Kier alpha value is -0.180. The van der Waals surface area contributed by atoms with Crippen LogP contribution in [-0.2, 0) is 19.9 Å². The van der Waals surface area contributed by atoms with Gasteiger partial charge in [-0.3, -0.25) is 0 Å². The zero-order valence-electron chi connectivity index (χ0n) is 11.6. The first-order valence-electron chi connectivity index (χ1n) is 6.64. The lowest BCUT2D eigenvalue weighted by Gasteiger charge is -2.19. The van der Waals surface area contributed by atoms with E-state index in [0.717, 1.165) is 0 Å². The molecule has 1 N–H and O–H groups in total. The Balaban J connectivity index is 2.48. The second kappa shape index (κ2) is 7.01. The first kappa shape index (κ1) is 16.9. The average molecular weight is 312 g/mol. The van der Waals surface area contributed by atoms with Crippen molar-refractivity contribution in [2.45, 2.75) is 32.7 Å². The summed E-state index contributed by atoms with van der Waals surface area (Å²) in [7, 11) is -6.39. The summed E-state index contributed by atoms with van der Waals surface area (Å²) in [5.74, 6) is 0.108. The van der Waals surface area contributed by atoms with Gasteiger partial charge in [-0.15, -0.1) is 0 Å². The van der Waals surface area contributed by atoms with Crippen LogP contribution >= 0.6 is 0 Å². The molecule has 0 aromatic rings. The van der Waals surface area contributed by atoms with Gasteiger partial charge in [-0.1, -0.05) is 13.8 Å². The molecule has 114 valence electrons. The molecule has 0 atom stereocenters. The second-order valence-electron chi connectivity index (χ2n) is 5.18. The fraction of sp³-hybridized carbons (Fsp3) is 1.00. The minimum absolute atomic E-state index is 0.0591. The Bertz CT molecular complexity index is 471. The summed E-state index contributed by atoms with van der Waals surface area (Å²) in [6.45, 7) is 5.09. The Morgan fingerprint density at radius 3 is 2.53 bits per heavy atom. The number of sulfonamides is 1. The van der Waals surface area contributed by atoms with Crippen LogP contribution < -0.4 is 5.32 Å². The molecule has 0 bridgehead atoms. The van der Waals surface area contributed by atoms with E-state index in [-0.39, 0.29) is 23.8 Å². The molecule has 1 rings (SSSR count). The van der Waals surface area contributed by atoms with Crippen LogP contribution in [-0.4, -0.2) is 64.1 Å². The highest BCUT2D eigenvalue weighted by molar-refractivity contribution is 7.91. The Morgan fingerprint density at radius 2 is 1.89 bits per heavy atom. The maximum atomic E-state index is 12.1. The van der Waals surface area contributed by atoms with Crippen molar-refractivity contribution < 1.29 is 16.8 Å². The predicted octanol–water partition coefficient (Wildman–Crippen LogP) is -0.175. The molecule has 1 fully saturated rings. The van der Waals surface area contributed by atoms with Crippen LogP contribution in [0.25, 0.3) is 0 Å². The molecule has 0 spiro atoms. The molecular weight excluding hydrogens is 288 g/mol. The molecule has 1 aliphatic rings. The second-order valence-corrected chi connectivity index (χ2v) is 9.57. The predicted molar refractivity (Wildman–Crippen MR) is 76.4 cm³/mol. The van der Waals surface area contributed by atoms with Crippen molar-refractivity contribution in [1.82, 2.24) is 9.62 Å². The molecule has 0 aromatic carbocycles. The highest BCUT2D eigenvalue weighted by atomic mass is 32.2. The molecule has 19 heavy (non-hydrogen) atoms. The van der Waals surface area contributed by atoms with E-state index in [0.29, 0.717) is 32.0 Å². The molecule has 1 aliphatic heterocycles. The molecule has 0 radical (unpaired) electrons. The van der Waals surface area contributed by atoms with E-state index in [1.807, 2.05) is 13.8 Å². The largest absolute Gasteiger partial charge is 0.314 e. The van der Waals surface area contributed by atoms with Crippen molar-refractivity contribution in [1.29, 1.82) is 0 Å². The van der Waals surface area contributed by atoms with Gasteiger partial charge in [0.25, 0.3) is 0 Å². The van der Waals surface area contributed by atoms with Gasteiger partial charge >= 0.3 is 0 Å². The van der Waals surface area contributed by atoms with Crippen LogP contribution in [0.2, 0.25) is 0 Å². The van der Waals surface area contributed by atoms with Gasteiger partial charge in [0.2, 0.25) is 10.0 Å². The Kier molecular flexibility index (Phi) is 6.22. The molecule has 0 unspecified atom stereocenters. The van der Waals surface area contributed by atoms with Gasteiger partial charge < -0.3 is 5.32 Å². The molecule has 8 heteroatoms. The summed E-state index contributed by atoms with van der Waals surface area (Å²) in [6.07, 6.45) is 0.940. The van der Waals surface area contributed by atoms with E-state index >= 15 is 0 Å². The molecule has 1 heterocycles. The molecule has 0 aliphatic carbocycles. The van der Waals surface area contributed by atoms with Gasteiger partial charge in [0, 0.05) is 19.1 Å². The van der Waals surface area contributed by atoms with Gasteiger partial charge in [0.05, 0.1) is 17.3 Å². The SMILES string of the molecule is CC(C)NCCCS(=O)(=O)N1CCCS(=O)(=O)CC1. The summed E-state index contributed by atoms with van der Waals surface area (Å²) in [6, 6.07) is 0.339. The van der Waals surface area contributed by atoms with E-state index in [1.165, 1.54) is 4.31 Å². The van der Waals surface area contributed by atoms with Gasteiger partial charge in [-0.25, -0.2) is 21.1 Å². The average Bonchev–Trinajstić information content (AvgIpc) is 2.46.